The predicted octanol–water partition coefficient (Wildman–Crippen LogP) is -1.43. The van der Waals surface area contributed by atoms with Gasteiger partial charge in [-0.25, -0.2) is 4.79 Å². The van der Waals surface area contributed by atoms with Crippen molar-refractivity contribution in [1.29, 1.82) is 0 Å². The van der Waals surface area contributed by atoms with Crippen LogP contribution in [0.25, 0.3) is 0 Å². The van der Waals surface area contributed by atoms with Crippen molar-refractivity contribution >= 4 is 11.9 Å². The number of amides is 3. The zero-order valence-electron chi connectivity index (χ0n) is 8.61. The molecule has 3 amide bonds. The van der Waals surface area contributed by atoms with Gasteiger partial charge < -0.3 is 20.9 Å². The first-order valence-electron chi connectivity index (χ1n) is 5.24. The number of fused-ring (bicyclic) bond motifs is 1. The van der Waals surface area contributed by atoms with Gasteiger partial charge >= 0.3 is 6.03 Å². The Morgan fingerprint density at radius 3 is 3.07 bits per heavy atom. The molecule has 2 saturated heterocycles. The monoisotopic (exact) mass is 212 g/mol. The first kappa shape index (κ1) is 10.2. The minimum absolute atomic E-state index is 0.00840. The third kappa shape index (κ3) is 1.90. The summed E-state index contributed by atoms with van der Waals surface area (Å²) in [7, 11) is 0. The SMILES string of the molecule is NCCC(=O)N1CCN2C(=O)NCC2C1. The molecule has 0 radical (unpaired) electrons. The molecule has 2 rings (SSSR count). The molecule has 2 heterocycles. The molecule has 0 aliphatic carbocycles. The molecule has 15 heavy (non-hydrogen) atoms. The molecule has 84 valence electrons. The minimum atomic E-state index is -0.00840. The van der Waals surface area contributed by atoms with Crippen molar-refractivity contribution in [2.45, 2.75) is 12.5 Å². The van der Waals surface area contributed by atoms with Crippen LogP contribution in [0.4, 0.5) is 4.79 Å². The Morgan fingerprint density at radius 2 is 2.33 bits per heavy atom. The third-order valence-corrected chi connectivity index (χ3v) is 2.94. The topological polar surface area (TPSA) is 78.7 Å². The summed E-state index contributed by atoms with van der Waals surface area (Å²) in [6.07, 6.45) is 0.397. The summed E-state index contributed by atoms with van der Waals surface area (Å²) >= 11 is 0. The van der Waals surface area contributed by atoms with Crippen molar-refractivity contribution in [3.63, 3.8) is 0 Å². The van der Waals surface area contributed by atoms with Gasteiger partial charge in [-0.15, -0.1) is 0 Å². The molecule has 6 nitrogen and oxygen atoms in total. The smallest absolute Gasteiger partial charge is 0.317 e. The lowest BCUT2D eigenvalue weighted by molar-refractivity contribution is -0.133. The molecule has 0 saturated carbocycles. The number of urea groups is 1. The molecule has 2 fully saturated rings. The van der Waals surface area contributed by atoms with E-state index in [2.05, 4.69) is 5.32 Å². The molecule has 0 bridgehead atoms. The van der Waals surface area contributed by atoms with Crippen LogP contribution in [0.2, 0.25) is 0 Å². The van der Waals surface area contributed by atoms with E-state index in [1.165, 1.54) is 0 Å². The number of piperazine rings is 1. The zero-order valence-corrected chi connectivity index (χ0v) is 8.61. The Kier molecular flexibility index (Phi) is 2.77. The first-order valence-corrected chi connectivity index (χ1v) is 5.24. The van der Waals surface area contributed by atoms with E-state index in [1.54, 1.807) is 9.80 Å². The Bertz CT molecular complexity index is 281. The molecular formula is C9H16N4O2. The van der Waals surface area contributed by atoms with E-state index in [9.17, 15) is 9.59 Å². The highest BCUT2D eigenvalue weighted by atomic mass is 16.2. The lowest BCUT2D eigenvalue weighted by Gasteiger charge is -2.36. The largest absolute Gasteiger partial charge is 0.339 e. The van der Waals surface area contributed by atoms with Crippen molar-refractivity contribution in [3.05, 3.63) is 0 Å². The molecule has 2 aliphatic rings. The predicted molar refractivity (Wildman–Crippen MR) is 54.1 cm³/mol. The average molecular weight is 212 g/mol. The summed E-state index contributed by atoms with van der Waals surface area (Å²) in [5.74, 6) is 0.0940. The number of carbonyl (C=O) groups excluding carboxylic acids is 2. The third-order valence-electron chi connectivity index (χ3n) is 2.94. The summed E-state index contributed by atoms with van der Waals surface area (Å²) < 4.78 is 0. The maximum absolute atomic E-state index is 11.6. The fourth-order valence-electron chi connectivity index (χ4n) is 2.11. The molecule has 2 aliphatic heterocycles. The Balaban J connectivity index is 1.93. The fraction of sp³-hybridized carbons (Fsp3) is 0.778. The van der Waals surface area contributed by atoms with Gasteiger partial charge in [0.05, 0.1) is 6.04 Å². The molecule has 6 heteroatoms. The molecule has 0 aromatic heterocycles. The summed E-state index contributed by atoms with van der Waals surface area (Å²) in [4.78, 5) is 26.5. The molecule has 1 atom stereocenters. The number of carbonyl (C=O) groups is 2. The van der Waals surface area contributed by atoms with E-state index in [0.717, 1.165) is 0 Å². The van der Waals surface area contributed by atoms with Gasteiger partial charge in [0.2, 0.25) is 5.91 Å². The van der Waals surface area contributed by atoms with Crippen LogP contribution in [0, 0.1) is 0 Å². The summed E-state index contributed by atoms with van der Waals surface area (Å²) in [6, 6.07) is 0.138. The van der Waals surface area contributed by atoms with Gasteiger partial charge in [-0.2, -0.15) is 0 Å². The van der Waals surface area contributed by atoms with Crippen LogP contribution >= 0.6 is 0 Å². The number of nitrogens with zero attached hydrogens (tertiary/aromatic N) is 2. The summed E-state index contributed by atoms with van der Waals surface area (Å²) in [6.45, 7) is 2.93. The second-order valence-electron chi connectivity index (χ2n) is 3.91. The van der Waals surface area contributed by atoms with E-state index in [-0.39, 0.29) is 18.0 Å². The zero-order chi connectivity index (χ0) is 10.8. The number of rotatable bonds is 2. The standard InChI is InChI=1S/C9H16N4O2/c10-2-1-8(14)12-3-4-13-7(6-12)5-11-9(13)15/h7H,1-6,10H2,(H,11,15). The van der Waals surface area contributed by atoms with E-state index < -0.39 is 0 Å². The van der Waals surface area contributed by atoms with Gasteiger partial charge in [0.15, 0.2) is 0 Å². The highest BCUT2D eigenvalue weighted by Crippen LogP contribution is 2.14. The van der Waals surface area contributed by atoms with Crippen LogP contribution in [0.5, 0.6) is 0 Å². The van der Waals surface area contributed by atoms with E-state index >= 15 is 0 Å². The van der Waals surface area contributed by atoms with Crippen molar-refractivity contribution in [1.82, 2.24) is 15.1 Å². The van der Waals surface area contributed by atoms with Gasteiger partial charge in [0.1, 0.15) is 0 Å². The Labute approximate surface area is 88.4 Å². The summed E-state index contributed by atoms with van der Waals surface area (Å²) in [5.41, 5.74) is 5.34. The van der Waals surface area contributed by atoms with E-state index in [0.29, 0.717) is 39.1 Å². The number of nitrogens with one attached hydrogen (secondary N) is 1. The minimum Gasteiger partial charge on any atom is -0.339 e. The molecule has 0 aromatic rings. The lowest BCUT2D eigenvalue weighted by atomic mass is 10.2. The lowest BCUT2D eigenvalue weighted by Crippen LogP contribution is -2.53. The molecular weight excluding hydrogens is 196 g/mol. The van der Waals surface area contributed by atoms with Gasteiger partial charge in [0.25, 0.3) is 0 Å². The molecule has 0 spiro atoms. The molecule has 0 aromatic carbocycles. The van der Waals surface area contributed by atoms with Gasteiger partial charge in [0, 0.05) is 39.1 Å². The van der Waals surface area contributed by atoms with Crippen LogP contribution in [0.1, 0.15) is 6.42 Å². The van der Waals surface area contributed by atoms with Crippen molar-refractivity contribution in [2.75, 3.05) is 32.7 Å². The quantitative estimate of drug-likeness (QED) is 0.589. The molecule has 1 unspecified atom stereocenters. The second kappa shape index (κ2) is 4.06. The van der Waals surface area contributed by atoms with Crippen molar-refractivity contribution < 1.29 is 9.59 Å². The Morgan fingerprint density at radius 1 is 1.53 bits per heavy atom. The van der Waals surface area contributed by atoms with Gasteiger partial charge in [-0.05, 0) is 0 Å². The average Bonchev–Trinajstić information content (AvgIpc) is 2.60. The number of hydrogen-bond donors (Lipinski definition) is 2. The maximum atomic E-state index is 11.6. The van der Waals surface area contributed by atoms with Crippen LogP contribution in [0.15, 0.2) is 0 Å². The van der Waals surface area contributed by atoms with E-state index in [1.807, 2.05) is 0 Å². The van der Waals surface area contributed by atoms with Crippen LogP contribution in [0.3, 0.4) is 0 Å². The number of nitrogens with two attached hydrogens (primary N) is 1. The molecule has 3 N–H and O–H groups in total. The first-order chi connectivity index (χ1) is 7.22. The van der Waals surface area contributed by atoms with Gasteiger partial charge in [-0.3, -0.25) is 4.79 Å². The maximum Gasteiger partial charge on any atom is 0.317 e. The van der Waals surface area contributed by atoms with Crippen LogP contribution < -0.4 is 11.1 Å². The van der Waals surface area contributed by atoms with Crippen LogP contribution in [-0.2, 0) is 4.79 Å². The summed E-state index contributed by atoms with van der Waals surface area (Å²) in [5, 5.41) is 2.78. The number of hydrogen-bond acceptors (Lipinski definition) is 3. The normalized spacial score (nSPS) is 25.1. The highest BCUT2D eigenvalue weighted by molar-refractivity contribution is 5.79. The Hall–Kier alpha value is -1.30. The van der Waals surface area contributed by atoms with Crippen molar-refractivity contribution in [3.8, 4) is 0 Å². The highest BCUT2D eigenvalue weighted by Gasteiger charge is 2.36. The van der Waals surface area contributed by atoms with Crippen molar-refractivity contribution in [2.24, 2.45) is 5.73 Å². The van der Waals surface area contributed by atoms with Crippen LogP contribution in [-0.4, -0.2) is 60.5 Å². The fourth-order valence-corrected chi connectivity index (χ4v) is 2.11. The van der Waals surface area contributed by atoms with E-state index in [4.69, 9.17) is 5.73 Å². The second-order valence-corrected chi connectivity index (χ2v) is 3.91. The van der Waals surface area contributed by atoms with Gasteiger partial charge in [-0.1, -0.05) is 0 Å².